The lowest BCUT2D eigenvalue weighted by atomic mass is 10.0. The smallest absolute Gasteiger partial charge is 0.363 e. The molecule has 1 amide bonds. The van der Waals surface area contributed by atoms with Gasteiger partial charge in [-0.3, -0.25) is 9.59 Å². The summed E-state index contributed by atoms with van der Waals surface area (Å²) in [4.78, 5) is 38.6. The molecule has 0 spiro atoms. The number of rotatable bonds is 4. The van der Waals surface area contributed by atoms with Gasteiger partial charge in [-0.05, 0) is 49.9 Å². The number of carbonyl (C=O) groups excluding carboxylic acids is 2. The van der Waals surface area contributed by atoms with Gasteiger partial charge in [-0.15, -0.1) is 0 Å². The van der Waals surface area contributed by atoms with Crippen LogP contribution in [-0.2, 0) is 9.53 Å². The number of amides is 1. The highest BCUT2D eigenvalue weighted by Crippen LogP contribution is 2.16. The molecule has 0 N–H and O–H groups in total. The summed E-state index contributed by atoms with van der Waals surface area (Å²) >= 11 is 5.90. The fourth-order valence-electron chi connectivity index (χ4n) is 3.24. The zero-order valence-electron chi connectivity index (χ0n) is 15.9. The van der Waals surface area contributed by atoms with Gasteiger partial charge in [-0.1, -0.05) is 18.5 Å². The third-order valence-corrected chi connectivity index (χ3v) is 4.96. The number of esters is 1. The number of hydrogen-bond acceptors (Lipinski definition) is 5. The van der Waals surface area contributed by atoms with Gasteiger partial charge in [-0.25, -0.2) is 9.48 Å². The molecule has 148 valence electrons. The number of nitrogens with zero attached hydrogens (tertiary/aromatic N) is 3. The minimum Gasteiger partial charge on any atom is -0.451 e. The number of carbonyl (C=O) groups is 2. The van der Waals surface area contributed by atoms with E-state index in [1.165, 1.54) is 10.7 Å². The highest BCUT2D eigenvalue weighted by Gasteiger charge is 2.23. The van der Waals surface area contributed by atoms with Crippen molar-refractivity contribution in [3.8, 4) is 5.69 Å². The van der Waals surface area contributed by atoms with E-state index in [1.807, 2.05) is 0 Å². The Morgan fingerprint density at radius 2 is 2.00 bits per heavy atom. The predicted molar refractivity (Wildman–Crippen MR) is 105 cm³/mol. The number of ether oxygens (including phenoxy) is 1. The molecule has 0 saturated carbocycles. The maximum Gasteiger partial charge on any atom is 0.363 e. The maximum atomic E-state index is 12.4. The molecule has 1 aromatic carbocycles. The Balaban J connectivity index is 1.74. The molecule has 28 heavy (non-hydrogen) atoms. The summed E-state index contributed by atoms with van der Waals surface area (Å²) in [5.41, 5.74) is 0.295. The number of piperidine rings is 1. The topological polar surface area (TPSA) is 81.5 Å². The van der Waals surface area contributed by atoms with E-state index in [1.54, 1.807) is 36.1 Å². The molecule has 2 heterocycles. The van der Waals surface area contributed by atoms with E-state index in [0.29, 0.717) is 35.4 Å². The van der Waals surface area contributed by atoms with Crippen molar-refractivity contribution < 1.29 is 14.3 Å². The second kappa shape index (κ2) is 8.56. The molecule has 2 aromatic rings. The van der Waals surface area contributed by atoms with Crippen LogP contribution in [0.4, 0.5) is 0 Å². The maximum absolute atomic E-state index is 12.4. The zero-order valence-corrected chi connectivity index (χ0v) is 16.6. The summed E-state index contributed by atoms with van der Waals surface area (Å²) < 4.78 is 6.54. The second-order valence-electron chi connectivity index (χ2n) is 7.05. The zero-order chi connectivity index (χ0) is 20.3. The fraction of sp³-hybridized carbons (Fsp3) is 0.400. The molecule has 0 aliphatic carbocycles. The van der Waals surface area contributed by atoms with Crippen LogP contribution in [0, 0.1) is 12.8 Å². The van der Waals surface area contributed by atoms with Gasteiger partial charge in [0.05, 0.1) is 5.69 Å². The second-order valence-corrected chi connectivity index (χ2v) is 7.49. The van der Waals surface area contributed by atoms with Gasteiger partial charge in [0, 0.05) is 29.9 Å². The van der Waals surface area contributed by atoms with Crippen LogP contribution in [-0.4, -0.2) is 46.3 Å². The summed E-state index contributed by atoms with van der Waals surface area (Å²) in [6.45, 7) is 4.71. The number of aromatic nitrogens is 2. The molecular weight excluding hydrogens is 382 g/mol. The highest BCUT2D eigenvalue weighted by molar-refractivity contribution is 6.30. The van der Waals surface area contributed by atoms with Crippen molar-refractivity contribution in [1.29, 1.82) is 0 Å². The van der Waals surface area contributed by atoms with Crippen molar-refractivity contribution in [2.75, 3.05) is 19.7 Å². The number of benzene rings is 1. The Morgan fingerprint density at radius 1 is 1.29 bits per heavy atom. The van der Waals surface area contributed by atoms with Crippen LogP contribution >= 0.6 is 11.6 Å². The van der Waals surface area contributed by atoms with Gasteiger partial charge in [0.1, 0.15) is 0 Å². The van der Waals surface area contributed by atoms with Crippen LogP contribution in [0.5, 0.6) is 0 Å². The minimum absolute atomic E-state index is 0.259. The molecule has 1 saturated heterocycles. The SMILES string of the molecule is Cc1cc(=O)c(C(=O)OCC(=O)N2CCC[C@@H](C)C2)nn1-c1ccc(Cl)cc1. The molecule has 1 fully saturated rings. The summed E-state index contributed by atoms with van der Waals surface area (Å²) in [6, 6.07) is 8.14. The first-order chi connectivity index (χ1) is 13.3. The molecule has 7 nitrogen and oxygen atoms in total. The van der Waals surface area contributed by atoms with Crippen molar-refractivity contribution in [3.05, 3.63) is 57.0 Å². The summed E-state index contributed by atoms with van der Waals surface area (Å²) in [7, 11) is 0. The number of hydrogen-bond donors (Lipinski definition) is 0. The number of halogens is 1. The first kappa shape index (κ1) is 20.1. The number of aryl methyl sites for hydroxylation is 1. The third-order valence-electron chi connectivity index (χ3n) is 4.71. The van der Waals surface area contributed by atoms with Crippen molar-refractivity contribution in [1.82, 2.24) is 14.7 Å². The largest absolute Gasteiger partial charge is 0.451 e. The molecule has 1 aromatic heterocycles. The summed E-state index contributed by atoms with van der Waals surface area (Å²) in [6.07, 6.45) is 2.02. The minimum atomic E-state index is -0.911. The molecule has 1 aliphatic rings. The van der Waals surface area contributed by atoms with Crippen LogP contribution in [0.1, 0.15) is 35.9 Å². The van der Waals surface area contributed by atoms with Crippen molar-refractivity contribution in [2.24, 2.45) is 5.92 Å². The van der Waals surface area contributed by atoms with Gasteiger partial charge in [-0.2, -0.15) is 5.10 Å². The van der Waals surface area contributed by atoms with Gasteiger partial charge < -0.3 is 9.64 Å². The lowest BCUT2D eigenvalue weighted by Crippen LogP contribution is -2.41. The van der Waals surface area contributed by atoms with E-state index in [-0.39, 0.29) is 11.6 Å². The Labute approximate surface area is 167 Å². The quantitative estimate of drug-likeness (QED) is 0.733. The average Bonchev–Trinajstić information content (AvgIpc) is 2.67. The predicted octanol–water partition coefficient (Wildman–Crippen LogP) is 2.61. The molecule has 0 unspecified atom stereocenters. The normalized spacial score (nSPS) is 16.7. The molecule has 1 atom stereocenters. The first-order valence-electron chi connectivity index (χ1n) is 9.17. The molecule has 8 heteroatoms. The number of likely N-dealkylation sites (tertiary alicyclic amines) is 1. The van der Waals surface area contributed by atoms with Gasteiger partial charge in [0.25, 0.3) is 5.91 Å². The van der Waals surface area contributed by atoms with Gasteiger partial charge in [0.15, 0.2) is 6.61 Å². The molecule has 0 bridgehead atoms. The van der Waals surface area contributed by atoms with Crippen LogP contribution < -0.4 is 5.43 Å². The van der Waals surface area contributed by atoms with E-state index < -0.39 is 18.0 Å². The van der Waals surface area contributed by atoms with Gasteiger partial charge >= 0.3 is 5.97 Å². The lowest BCUT2D eigenvalue weighted by Gasteiger charge is -2.30. The Kier molecular flexibility index (Phi) is 6.14. The van der Waals surface area contributed by atoms with Crippen LogP contribution in [0.15, 0.2) is 35.1 Å². The van der Waals surface area contributed by atoms with E-state index in [2.05, 4.69) is 12.0 Å². The Bertz CT molecular complexity index is 939. The van der Waals surface area contributed by atoms with Crippen molar-refractivity contribution in [2.45, 2.75) is 26.7 Å². The van der Waals surface area contributed by atoms with E-state index in [4.69, 9.17) is 16.3 Å². The summed E-state index contributed by atoms with van der Waals surface area (Å²) in [5, 5.41) is 4.70. The van der Waals surface area contributed by atoms with Crippen LogP contribution in [0.3, 0.4) is 0 Å². The fourth-order valence-corrected chi connectivity index (χ4v) is 3.36. The van der Waals surface area contributed by atoms with Crippen LogP contribution in [0.2, 0.25) is 5.02 Å². The molecule has 3 rings (SSSR count). The lowest BCUT2D eigenvalue weighted by molar-refractivity contribution is -0.136. The van der Waals surface area contributed by atoms with E-state index in [9.17, 15) is 14.4 Å². The van der Waals surface area contributed by atoms with E-state index in [0.717, 1.165) is 12.8 Å². The van der Waals surface area contributed by atoms with Crippen molar-refractivity contribution in [3.63, 3.8) is 0 Å². The molecular formula is C20H22ClN3O4. The average molecular weight is 404 g/mol. The van der Waals surface area contributed by atoms with E-state index >= 15 is 0 Å². The van der Waals surface area contributed by atoms with Crippen molar-refractivity contribution >= 4 is 23.5 Å². The molecule has 0 radical (unpaired) electrons. The van der Waals surface area contributed by atoms with Gasteiger partial charge in [0.2, 0.25) is 11.1 Å². The Hall–Kier alpha value is -2.67. The molecule has 1 aliphatic heterocycles. The standard InChI is InChI=1S/C20H22ClN3O4/c1-13-4-3-9-23(11-13)18(26)12-28-20(27)19-17(25)10-14(2)24(22-19)16-7-5-15(21)6-8-16/h5-8,10,13H,3-4,9,11-12H2,1-2H3/t13-/m1/s1. The highest BCUT2D eigenvalue weighted by atomic mass is 35.5. The summed E-state index contributed by atoms with van der Waals surface area (Å²) in [5.74, 6) is -0.741. The van der Waals surface area contributed by atoms with Crippen LogP contribution in [0.25, 0.3) is 5.69 Å². The third kappa shape index (κ3) is 4.59. The first-order valence-corrected chi connectivity index (χ1v) is 9.55. The monoisotopic (exact) mass is 403 g/mol. The Morgan fingerprint density at radius 3 is 2.68 bits per heavy atom.